The van der Waals surface area contributed by atoms with Crippen LogP contribution in [0.4, 0.5) is 12.9 Å². The summed E-state index contributed by atoms with van der Waals surface area (Å²) in [5, 5.41) is 0. The molecule has 0 bridgehead atoms. The maximum Gasteiger partial charge on any atom is 1.00 e. The van der Waals surface area contributed by atoms with E-state index in [1.54, 1.807) is 0 Å². The summed E-state index contributed by atoms with van der Waals surface area (Å²) < 4.78 is 36.7. The molecule has 0 saturated heterocycles. The zero-order chi connectivity index (χ0) is 12.3. The van der Waals surface area contributed by atoms with Gasteiger partial charge in [-0.1, -0.05) is 6.07 Å². The average Bonchev–Trinajstić information content (AvgIpc) is 2.18. The van der Waals surface area contributed by atoms with E-state index in [-0.39, 0.29) is 57.1 Å². The van der Waals surface area contributed by atoms with Gasteiger partial charge in [-0.2, -0.15) is 0 Å². The maximum atomic E-state index is 12.2. The van der Waals surface area contributed by atoms with Crippen LogP contribution in [0.15, 0.2) is 35.1 Å². The predicted molar refractivity (Wildman–Crippen MR) is 64.9 cm³/mol. The van der Waals surface area contributed by atoms with Crippen LogP contribution in [0.1, 0.15) is 11.1 Å². The van der Waals surface area contributed by atoms with Crippen LogP contribution in [-0.4, -0.2) is 12.7 Å². The quantitative estimate of drug-likeness (QED) is 0.594. The van der Waals surface area contributed by atoms with E-state index in [4.69, 9.17) is 0 Å². The molecule has 0 unspecified atom stereocenters. The van der Waals surface area contributed by atoms with Crippen LogP contribution in [0.25, 0.3) is 0 Å². The minimum atomic E-state index is -4.90. The first kappa shape index (κ1) is 17.8. The Bertz CT molecular complexity index is 404. The maximum absolute atomic E-state index is 12.2. The molecule has 0 heterocycles. The second-order valence-electron chi connectivity index (χ2n) is 3.77. The first-order chi connectivity index (χ1) is 7.30. The number of benzene rings is 1. The number of thioether (sulfide) groups is 1. The minimum Gasteiger partial charge on any atom is -0.445 e. The summed E-state index contributed by atoms with van der Waals surface area (Å²) >= 11 is 1.17. The third kappa shape index (κ3) is 5.98. The molecule has 1 aromatic rings. The summed E-state index contributed by atoms with van der Waals surface area (Å²) in [6, 6.07) is 5.65. The Balaban J connectivity index is 0.00000256. The normalized spacial score (nSPS) is 10.9. The molecule has 0 saturated carbocycles. The van der Waals surface area contributed by atoms with Crippen molar-refractivity contribution in [3.8, 4) is 0 Å². The van der Waals surface area contributed by atoms with Gasteiger partial charge in [-0.3, -0.25) is 0 Å². The minimum absolute atomic E-state index is 0. The summed E-state index contributed by atoms with van der Waals surface area (Å²) in [4.78, 5) is 0.851. The second kappa shape index (κ2) is 7.41. The summed E-state index contributed by atoms with van der Waals surface area (Å²) in [7, 11) is 0. The molecular weight excluding hydrogens is 271 g/mol. The molecule has 0 aliphatic rings. The van der Waals surface area contributed by atoms with Crippen molar-refractivity contribution in [3.05, 3.63) is 41.4 Å². The van der Waals surface area contributed by atoms with E-state index in [1.807, 2.05) is 32.0 Å². The number of halogens is 3. The van der Waals surface area contributed by atoms with Gasteiger partial charge in [0.1, 0.15) is 0 Å². The molecule has 0 fully saturated rings. The Morgan fingerprint density at radius 3 is 2.29 bits per heavy atom. The van der Waals surface area contributed by atoms with E-state index in [1.165, 1.54) is 11.8 Å². The molecule has 0 radical (unpaired) electrons. The molecule has 17 heavy (non-hydrogen) atoms. The van der Waals surface area contributed by atoms with Crippen LogP contribution in [-0.2, 0) is 0 Å². The summed E-state index contributed by atoms with van der Waals surface area (Å²) in [5.74, 6) is -0.0913. The number of hydrogen-bond donors (Lipinski definition) is 0. The van der Waals surface area contributed by atoms with E-state index >= 15 is 0 Å². The van der Waals surface area contributed by atoms with Crippen molar-refractivity contribution in [3.63, 3.8) is 0 Å². The van der Waals surface area contributed by atoms with E-state index in [9.17, 15) is 12.9 Å². The van der Waals surface area contributed by atoms with Crippen molar-refractivity contribution in [1.82, 2.24) is 0 Å². The monoisotopic (exact) mass is 284 g/mol. The average molecular weight is 284 g/mol. The SMILES string of the molecule is C=C(CSc1ccc(C)c(C)c1)[B-](F)(F)F.[K+]. The van der Waals surface area contributed by atoms with Gasteiger partial charge in [-0.05, 0) is 42.9 Å². The van der Waals surface area contributed by atoms with E-state index in [2.05, 4.69) is 6.58 Å². The molecule has 0 atom stereocenters. The van der Waals surface area contributed by atoms with E-state index < -0.39 is 12.4 Å². The predicted octanol–water partition coefficient (Wildman–Crippen LogP) is 1.34. The van der Waals surface area contributed by atoms with Crippen LogP contribution in [0.5, 0.6) is 0 Å². The molecule has 0 nitrogen and oxygen atoms in total. The topological polar surface area (TPSA) is 0 Å². The van der Waals surface area contributed by atoms with Crippen molar-refractivity contribution in [2.24, 2.45) is 0 Å². The van der Waals surface area contributed by atoms with Crippen LogP contribution >= 0.6 is 11.8 Å². The number of hydrogen-bond acceptors (Lipinski definition) is 1. The molecule has 0 spiro atoms. The van der Waals surface area contributed by atoms with Gasteiger partial charge >= 0.3 is 58.4 Å². The Labute approximate surface area is 147 Å². The van der Waals surface area contributed by atoms with E-state index in [0.717, 1.165) is 16.0 Å². The van der Waals surface area contributed by atoms with Crippen molar-refractivity contribution < 1.29 is 64.3 Å². The fourth-order valence-electron chi connectivity index (χ4n) is 1.07. The molecular formula is C11H13BF3KS. The zero-order valence-electron chi connectivity index (χ0n) is 10.3. The smallest absolute Gasteiger partial charge is 0.445 e. The summed E-state index contributed by atoms with van der Waals surface area (Å²) in [6.07, 6.45) is 0. The fraction of sp³-hybridized carbons (Fsp3) is 0.273. The van der Waals surface area contributed by atoms with Gasteiger partial charge in [0.25, 0.3) is 0 Å². The molecule has 88 valence electrons. The number of aryl methyl sites for hydroxylation is 2. The molecule has 0 aromatic heterocycles. The summed E-state index contributed by atoms with van der Waals surface area (Å²) in [5.41, 5.74) is 1.60. The van der Waals surface area contributed by atoms with Gasteiger partial charge in [0.15, 0.2) is 0 Å². The van der Waals surface area contributed by atoms with Crippen molar-refractivity contribution >= 4 is 18.7 Å². The van der Waals surface area contributed by atoms with Gasteiger partial charge < -0.3 is 12.9 Å². The van der Waals surface area contributed by atoms with Crippen LogP contribution < -0.4 is 51.4 Å². The van der Waals surface area contributed by atoms with Gasteiger partial charge in [0, 0.05) is 4.90 Å². The van der Waals surface area contributed by atoms with Crippen molar-refractivity contribution in [2.75, 3.05) is 5.75 Å². The summed E-state index contributed by atoms with van der Waals surface area (Å²) in [6.45, 7) is 2.08. The molecule has 0 N–H and O–H groups in total. The fourth-order valence-corrected chi connectivity index (χ4v) is 2.04. The number of rotatable bonds is 4. The molecule has 1 aromatic carbocycles. The van der Waals surface area contributed by atoms with Crippen LogP contribution in [0, 0.1) is 13.8 Å². The van der Waals surface area contributed by atoms with Gasteiger partial charge in [0.2, 0.25) is 0 Å². The zero-order valence-corrected chi connectivity index (χ0v) is 14.2. The van der Waals surface area contributed by atoms with Crippen molar-refractivity contribution in [2.45, 2.75) is 18.7 Å². The molecule has 6 heteroatoms. The Kier molecular flexibility index (Phi) is 7.75. The third-order valence-electron chi connectivity index (χ3n) is 2.37. The third-order valence-corrected chi connectivity index (χ3v) is 3.47. The molecule has 0 amide bonds. The Hall–Kier alpha value is 0.801. The van der Waals surface area contributed by atoms with E-state index in [0.29, 0.717) is 0 Å². The van der Waals surface area contributed by atoms with Crippen LogP contribution in [0.3, 0.4) is 0 Å². The molecule has 0 aliphatic carbocycles. The van der Waals surface area contributed by atoms with Crippen LogP contribution in [0.2, 0.25) is 0 Å². The Morgan fingerprint density at radius 2 is 1.82 bits per heavy atom. The largest absolute Gasteiger partial charge is 1.00 e. The molecule has 0 aliphatic heterocycles. The van der Waals surface area contributed by atoms with Gasteiger partial charge in [0.05, 0.1) is 0 Å². The Morgan fingerprint density at radius 1 is 1.24 bits per heavy atom. The van der Waals surface area contributed by atoms with Gasteiger partial charge in [-0.15, -0.1) is 23.8 Å². The van der Waals surface area contributed by atoms with Crippen molar-refractivity contribution in [1.29, 1.82) is 0 Å². The first-order valence-corrected chi connectivity index (χ1v) is 5.87. The molecule has 1 rings (SSSR count). The first-order valence-electron chi connectivity index (χ1n) is 4.88. The second-order valence-corrected chi connectivity index (χ2v) is 4.82. The van der Waals surface area contributed by atoms with Gasteiger partial charge in [-0.25, -0.2) is 0 Å². The standard InChI is InChI=1S/C11H13BF3S.K/c1-8-4-5-11(6-9(8)2)16-7-10(3)12(13,14)15;/h4-6H,3,7H2,1-2H3;/q-1;+1.